The summed E-state index contributed by atoms with van der Waals surface area (Å²) < 4.78 is 5.26. The summed E-state index contributed by atoms with van der Waals surface area (Å²) in [5.41, 5.74) is 0. The van der Waals surface area contributed by atoms with Crippen LogP contribution in [0.5, 0.6) is 0 Å². The third kappa shape index (κ3) is 3.37. The van der Waals surface area contributed by atoms with E-state index in [1.54, 1.807) is 0 Å². The molecular formula is C7H12N2O4. The van der Waals surface area contributed by atoms with Gasteiger partial charge in [-0.15, -0.1) is 4.91 Å². The standard InChI is InChI=1S/C7H12N2O4/c10-7(11)2-1-6-5-9(8-12)3-4-13-6/h6H,1-5H2,(H,10,11). The van der Waals surface area contributed by atoms with E-state index in [-0.39, 0.29) is 12.5 Å². The minimum atomic E-state index is -0.847. The van der Waals surface area contributed by atoms with Gasteiger partial charge < -0.3 is 9.84 Å². The van der Waals surface area contributed by atoms with E-state index < -0.39 is 5.97 Å². The molecule has 13 heavy (non-hydrogen) atoms. The monoisotopic (exact) mass is 188 g/mol. The van der Waals surface area contributed by atoms with Crippen molar-refractivity contribution in [3.63, 3.8) is 0 Å². The Balaban J connectivity index is 2.25. The molecule has 0 spiro atoms. The summed E-state index contributed by atoms with van der Waals surface area (Å²) in [6.45, 7) is 1.33. The smallest absolute Gasteiger partial charge is 0.303 e. The van der Waals surface area contributed by atoms with Gasteiger partial charge in [-0.1, -0.05) is 0 Å². The van der Waals surface area contributed by atoms with Crippen molar-refractivity contribution >= 4 is 5.97 Å². The average molecular weight is 188 g/mol. The Hall–Kier alpha value is -1.17. The van der Waals surface area contributed by atoms with Gasteiger partial charge in [0, 0.05) is 6.42 Å². The van der Waals surface area contributed by atoms with Crippen LogP contribution in [-0.2, 0) is 9.53 Å². The molecule has 1 rings (SSSR count). The average Bonchev–Trinajstić information content (AvgIpc) is 2.15. The highest BCUT2D eigenvalue weighted by atomic mass is 16.5. The van der Waals surface area contributed by atoms with Gasteiger partial charge in [-0.25, -0.2) is 0 Å². The lowest BCUT2D eigenvalue weighted by molar-refractivity contribution is -0.138. The first-order valence-corrected chi connectivity index (χ1v) is 4.14. The second kappa shape index (κ2) is 4.76. The fraction of sp³-hybridized carbons (Fsp3) is 0.857. The van der Waals surface area contributed by atoms with Crippen LogP contribution in [-0.4, -0.2) is 41.9 Å². The summed E-state index contributed by atoms with van der Waals surface area (Å²) in [5, 5.41) is 12.6. The molecule has 0 bridgehead atoms. The number of ether oxygens (including phenoxy) is 1. The molecule has 0 saturated carbocycles. The van der Waals surface area contributed by atoms with E-state index in [0.717, 1.165) is 0 Å². The zero-order valence-corrected chi connectivity index (χ0v) is 7.18. The number of nitroso groups, excluding NO2 is 1. The van der Waals surface area contributed by atoms with E-state index in [2.05, 4.69) is 5.29 Å². The van der Waals surface area contributed by atoms with Gasteiger partial charge in [-0.05, 0) is 6.42 Å². The number of hydrogen-bond donors (Lipinski definition) is 1. The molecule has 0 radical (unpaired) electrons. The molecule has 1 saturated heterocycles. The van der Waals surface area contributed by atoms with Crippen molar-refractivity contribution in [2.24, 2.45) is 5.29 Å². The zero-order valence-electron chi connectivity index (χ0n) is 7.18. The van der Waals surface area contributed by atoms with Gasteiger partial charge >= 0.3 is 5.97 Å². The Morgan fingerprint density at radius 1 is 1.69 bits per heavy atom. The van der Waals surface area contributed by atoms with Crippen molar-refractivity contribution in [2.75, 3.05) is 19.7 Å². The third-order valence-electron chi connectivity index (χ3n) is 1.91. The highest BCUT2D eigenvalue weighted by Crippen LogP contribution is 2.10. The van der Waals surface area contributed by atoms with Crippen LogP contribution in [0.1, 0.15) is 12.8 Å². The first-order valence-electron chi connectivity index (χ1n) is 4.14. The van der Waals surface area contributed by atoms with Gasteiger partial charge in [0.15, 0.2) is 0 Å². The van der Waals surface area contributed by atoms with Gasteiger partial charge in [-0.3, -0.25) is 9.80 Å². The Morgan fingerprint density at radius 3 is 3.08 bits per heavy atom. The van der Waals surface area contributed by atoms with Crippen LogP contribution in [0.2, 0.25) is 0 Å². The van der Waals surface area contributed by atoms with E-state index in [1.165, 1.54) is 5.01 Å². The third-order valence-corrected chi connectivity index (χ3v) is 1.91. The van der Waals surface area contributed by atoms with Crippen LogP contribution >= 0.6 is 0 Å². The molecule has 1 heterocycles. The van der Waals surface area contributed by atoms with Crippen LogP contribution < -0.4 is 0 Å². The first-order chi connectivity index (χ1) is 6.22. The van der Waals surface area contributed by atoms with Crippen LogP contribution in [0.25, 0.3) is 0 Å². The molecule has 1 unspecified atom stereocenters. The zero-order chi connectivity index (χ0) is 9.68. The van der Waals surface area contributed by atoms with Gasteiger partial charge in [0.25, 0.3) is 0 Å². The molecule has 0 aromatic heterocycles. The number of morpholine rings is 1. The van der Waals surface area contributed by atoms with E-state index >= 15 is 0 Å². The van der Waals surface area contributed by atoms with Gasteiger partial charge in [0.05, 0.1) is 31.1 Å². The molecule has 1 fully saturated rings. The second-order valence-corrected chi connectivity index (χ2v) is 2.92. The molecule has 0 aromatic rings. The van der Waals surface area contributed by atoms with Gasteiger partial charge in [-0.2, -0.15) is 0 Å². The number of rotatable bonds is 4. The summed E-state index contributed by atoms with van der Waals surface area (Å²) in [6.07, 6.45) is 0.321. The molecule has 74 valence electrons. The van der Waals surface area contributed by atoms with Crippen molar-refractivity contribution in [1.29, 1.82) is 0 Å². The van der Waals surface area contributed by atoms with Crippen molar-refractivity contribution in [2.45, 2.75) is 18.9 Å². The molecule has 6 nitrogen and oxygen atoms in total. The normalized spacial score (nSPS) is 22.8. The summed E-state index contributed by atoms with van der Waals surface area (Å²) in [7, 11) is 0. The second-order valence-electron chi connectivity index (χ2n) is 2.92. The number of nitrogens with zero attached hydrogens (tertiary/aromatic N) is 2. The number of carboxylic acid groups (broad SMARTS) is 1. The molecule has 6 heteroatoms. The molecule has 0 aromatic carbocycles. The van der Waals surface area contributed by atoms with Crippen molar-refractivity contribution in [3.8, 4) is 0 Å². The lowest BCUT2D eigenvalue weighted by Gasteiger charge is -2.28. The minimum Gasteiger partial charge on any atom is -0.481 e. The van der Waals surface area contributed by atoms with Crippen molar-refractivity contribution < 1.29 is 14.6 Å². The SMILES string of the molecule is O=NN1CCOC(CCC(=O)O)C1. The van der Waals surface area contributed by atoms with Crippen molar-refractivity contribution in [3.05, 3.63) is 4.91 Å². The summed E-state index contributed by atoms with van der Waals surface area (Å²) in [5.74, 6) is -0.847. The summed E-state index contributed by atoms with van der Waals surface area (Å²) in [4.78, 5) is 20.4. The highest BCUT2D eigenvalue weighted by Gasteiger charge is 2.20. The van der Waals surface area contributed by atoms with Crippen LogP contribution in [0.4, 0.5) is 0 Å². The number of aliphatic carboxylic acids is 1. The first kappa shape index (κ1) is 9.91. The molecule has 1 N–H and O–H groups in total. The quantitative estimate of drug-likeness (QED) is 0.639. The highest BCUT2D eigenvalue weighted by molar-refractivity contribution is 5.66. The Labute approximate surface area is 75.4 Å². The maximum absolute atomic E-state index is 10.2. The predicted octanol–water partition coefficient (Wildman–Crippen LogP) is 0.233. The number of hydrogen-bond acceptors (Lipinski definition) is 4. The van der Waals surface area contributed by atoms with E-state index in [4.69, 9.17) is 9.84 Å². The maximum Gasteiger partial charge on any atom is 0.303 e. The molecule has 0 aliphatic carbocycles. The molecule has 1 atom stereocenters. The van der Waals surface area contributed by atoms with Crippen LogP contribution in [0.3, 0.4) is 0 Å². The maximum atomic E-state index is 10.2. The molecular weight excluding hydrogens is 176 g/mol. The minimum absolute atomic E-state index is 0.0668. The molecule has 1 aliphatic rings. The summed E-state index contributed by atoms with van der Waals surface area (Å²) >= 11 is 0. The summed E-state index contributed by atoms with van der Waals surface area (Å²) in [6, 6.07) is 0. The lowest BCUT2D eigenvalue weighted by atomic mass is 10.2. The largest absolute Gasteiger partial charge is 0.481 e. The molecule has 1 aliphatic heterocycles. The van der Waals surface area contributed by atoms with E-state index in [0.29, 0.717) is 26.1 Å². The Morgan fingerprint density at radius 2 is 2.46 bits per heavy atom. The Bertz CT molecular complexity index is 197. The topological polar surface area (TPSA) is 79.2 Å². The van der Waals surface area contributed by atoms with Crippen LogP contribution in [0.15, 0.2) is 5.29 Å². The van der Waals surface area contributed by atoms with E-state index in [9.17, 15) is 9.70 Å². The van der Waals surface area contributed by atoms with Gasteiger partial charge in [0.1, 0.15) is 0 Å². The fourth-order valence-electron chi connectivity index (χ4n) is 1.24. The molecule has 0 amide bonds. The van der Waals surface area contributed by atoms with Crippen molar-refractivity contribution in [1.82, 2.24) is 5.01 Å². The number of carboxylic acids is 1. The van der Waals surface area contributed by atoms with Gasteiger partial charge in [0.2, 0.25) is 0 Å². The number of carbonyl (C=O) groups is 1. The lowest BCUT2D eigenvalue weighted by Crippen LogP contribution is -2.39. The Kier molecular flexibility index (Phi) is 3.63. The fourth-order valence-corrected chi connectivity index (χ4v) is 1.24. The van der Waals surface area contributed by atoms with E-state index in [1.807, 2.05) is 0 Å². The predicted molar refractivity (Wildman–Crippen MR) is 44.0 cm³/mol. The van der Waals surface area contributed by atoms with Crippen LogP contribution in [0, 0.1) is 4.91 Å².